The summed E-state index contributed by atoms with van der Waals surface area (Å²) in [6.07, 6.45) is 10.7. The maximum Gasteiger partial charge on any atom is 0.0485 e. The normalized spacial score (nSPS) is 16.1. The average Bonchev–Trinajstić information content (AvgIpc) is 2.86. The van der Waals surface area contributed by atoms with Crippen molar-refractivity contribution in [3.63, 3.8) is 0 Å². The standard InChI is InChI=1S/C20H29N/c1-3-5-10-16(4-2)15-21-19-13-8-6-11-17(19)18-12-7-9-14-20(18)21/h6,8,11,13,16H,3-5,7,9-10,12,14-15H2,1-2H3. The molecule has 1 heterocycles. The molecule has 1 aliphatic rings. The van der Waals surface area contributed by atoms with Crippen molar-refractivity contribution in [3.05, 3.63) is 35.5 Å². The number of rotatable bonds is 6. The minimum Gasteiger partial charge on any atom is -0.344 e. The SMILES string of the molecule is CCCCC(CC)Cn1c2c(c3ccccc31)CCCC2. The zero-order valence-electron chi connectivity index (χ0n) is 13.7. The molecular formula is C20H29N. The van der Waals surface area contributed by atoms with E-state index in [-0.39, 0.29) is 0 Å². The lowest BCUT2D eigenvalue weighted by molar-refractivity contribution is 0.389. The lowest BCUT2D eigenvalue weighted by Crippen LogP contribution is -2.14. The highest BCUT2D eigenvalue weighted by Gasteiger charge is 2.20. The van der Waals surface area contributed by atoms with Gasteiger partial charge in [0.05, 0.1) is 0 Å². The highest BCUT2D eigenvalue weighted by molar-refractivity contribution is 5.85. The largest absolute Gasteiger partial charge is 0.344 e. The molecule has 0 spiro atoms. The van der Waals surface area contributed by atoms with Gasteiger partial charge in [-0.15, -0.1) is 0 Å². The molecule has 1 aromatic heterocycles. The van der Waals surface area contributed by atoms with Crippen molar-refractivity contribution in [2.75, 3.05) is 0 Å². The fraction of sp³-hybridized carbons (Fsp3) is 0.600. The lowest BCUT2D eigenvalue weighted by atomic mass is 9.95. The van der Waals surface area contributed by atoms with E-state index in [1.54, 1.807) is 11.3 Å². The second kappa shape index (κ2) is 6.68. The number of hydrogen-bond donors (Lipinski definition) is 0. The summed E-state index contributed by atoms with van der Waals surface area (Å²) in [5.74, 6) is 0.840. The first kappa shape index (κ1) is 14.7. The van der Waals surface area contributed by atoms with Crippen molar-refractivity contribution in [2.24, 2.45) is 5.92 Å². The third-order valence-electron chi connectivity index (χ3n) is 5.27. The van der Waals surface area contributed by atoms with E-state index in [1.165, 1.54) is 68.8 Å². The van der Waals surface area contributed by atoms with E-state index in [9.17, 15) is 0 Å². The van der Waals surface area contributed by atoms with Gasteiger partial charge in [0.15, 0.2) is 0 Å². The molecule has 1 unspecified atom stereocenters. The van der Waals surface area contributed by atoms with Crippen molar-refractivity contribution in [1.82, 2.24) is 4.57 Å². The van der Waals surface area contributed by atoms with Crippen LogP contribution in [0.15, 0.2) is 24.3 Å². The Morgan fingerprint density at radius 1 is 1.10 bits per heavy atom. The van der Waals surface area contributed by atoms with Crippen LogP contribution in [0.5, 0.6) is 0 Å². The highest BCUT2D eigenvalue weighted by atomic mass is 15.0. The predicted octanol–water partition coefficient (Wildman–Crippen LogP) is 5.74. The van der Waals surface area contributed by atoms with Crippen LogP contribution in [-0.2, 0) is 19.4 Å². The van der Waals surface area contributed by atoms with E-state index in [4.69, 9.17) is 0 Å². The number of nitrogens with zero attached hydrogens (tertiary/aromatic N) is 1. The second-order valence-corrected chi connectivity index (χ2v) is 6.68. The molecule has 21 heavy (non-hydrogen) atoms. The van der Waals surface area contributed by atoms with Gasteiger partial charge in [-0.05, 0) is 49.7 Å². The van der Waals surface area contributed by atoms with E-state index < -0.39 is 0 Å². The molecule has 3 rings (SSSR count). The average molecular weight is 283 g/mol. The molecule has 0 N–H and O–H groups in total. The smallest absolute Gasteiger partial charge is 0.0485 e. The molecule has 1 heteroatoms. The Balaban J connectivity index is 1.97. The highest BCUT2D eigenvalue weighted by Crippen LogP contribution is 2.33. The summed E-state index contributed by atoms with van der Waals surface area (Å²) in [5, 5.41) is 1.53. The van der Waals surface area contributed by atoms with Crippen LogP contribution in [0.4, 0.5) is 0 Å². The molecule has 1 atom stereocenters. The summed E-state index contributed by atoms with van der Waals surface area (Å²) in [5.41, 5.74) is 4.79. The number of unbranched alkanes of at least 4 members (excludes halogenated alkanes) is 1. The summed E-state index contributed by atoms with van der Waals surface area (Å²) >= 11 is 0. The van der Waals surface area contributed by atoms with Crippen LogP contribution in [0.25, 0.3) is 10.9 Å². The molecule has 0 amide bonds. The number of aromatic nitrogens is 1. The third kappa shape index (κ3) is 2.88. The molecule has 0 fully saturated rings. The van der Waals surface area contributed by atoms with E-state index in [1.807, 2.05) is 0 Å². The Morgan fingerprint density at radius 3 is 2.71 bits per heavy atom. The van der Waals surface area contributed by atoms with Crippen molar-refractivity contribution >= 4 is 10.9 Å². The van der Waals surface area contributed by atoms with E-state index >= 15 is 0 Å². The minimum absolute atomic E-state index is 0.840. The van der Waals surface area contributed by atoms with Crippen molar-refractivity contribution in [3.8, 4) is 0 Å². The minimum atomic E-state index is 0.840. The summed E-state index contributed by atoms with van der Waals surface area (Å²) < 4.78 is 2.67. The van der Waals surface area contributed by atoms with Gasteiger partial charge in [0, 0.05) is 23.1 Å². The Bertz CT molecular complexity index is 593. The van der Waals surface area contributed by atoms with Gasteiger partial charge in [0.1, 0.15) is 0 Å². The molecule has 0 saturated heterocycles. The Kier molecular flexibility index (Phi) is 4.67. The zero-order chi connectivity index (χ0) is 14.7. The van der Waals surface area contributed by atoms with E-state index in [2.05, 4.69) is 42.7 Å². The molecule has 114 valence electrons. The number of aryl methyl sites for hydroxylation is 1. The van der Waals surface area contributed by atoms with Crippen LogP contribution in [0.2, 0.25) is 0 Å². The summed E-state index contributed by atoms with van der Waals surface area (Å²) in [7, 11) is 0. The van der Waals surface area contributed by atoms with Crippen LogP contribution in [0, 0.1) is 5.92 Å². The molecular weight excluding hydrogens is 254 g/mol. The predicted molar refractivity (Wildman–Crippen MR) is 91.9 cm³/mol. The first-order valence-electron chi connectivity index (χ1n) is 8.94. The maximum absolute atomic E-state index is 2.67. The monoisotopic (exact) mass is 283 g/mol. The second-order valence-electron chi connectivity index (χ2n) is 6.68. The third-order valence-corrected chi connectivity index (χ3v) is 5.27. The van der Waals surface area contributed by atoms with Gasteiger partial charge in [-0.3, -0.25) is 0 Å². The van der Waals surface area contributed by atoms with Crippen molar-refractivity contribution in [1.29, 1.82) is 0 Å². The fourth-order valence-electron chi connectivity index (χ4n) is 3.97. The van der Waals surface area contributed by atoms with Crippen LogP contribution >= 0.6 is 0 Å². The van der Waals surface area contributed by atoms with Crippen LogP contribution in [0.3, 0.4) is 0 Å². The molecule has 2 aromatic rings. The first-order valence-corrected chi connectivity index (χ1v) is 8.94. The topological polar surface area (TPSA) is 4.93 Å². The number of benzene rings is 1. The molecule has 0 aliphatic heterocycles. The zero-order valence-corrected chi connectivity index (χ0v) is 13.7. The van der Waals surface area contributed by atoms with Crippen LogP contribution in [-0.4, -0.2) is 4.57 Å². The summed E-state index contributed by atoms with van der Waals surface area (Å²) in [6, 6.07) is 9.08. The van der Waals surface area contributed by atoms with Gasteiger partial charge in [-0.25, -0.2) is 0 Å². The van der Waals surface area contributed by atoms with Gasteiger partial charge in [-0.1, -0.05) is 51.3 Å². The quantitative estimate of drug-likeness (QED) is 0.637. The molecule has 0 saturated carbocycles. The molecule has 1 aliphatic carbocycles. The van der Waals surface area contributed by atoms with Gasteiger partial charge < -0.3 is 4.57 Å². The molecule has 0 radical (unpaired) electrons. The van der Waals surface area contributed by atoms with Crippen molar-refractivity contribution in [2.45, 2.75) is 71.8 Å². The molecule has 1 aromatic carbocycles. The first-order chi connectivity index (χ1) is 10.3. The van der Waals surface area contributed by atoms with E-state index in [0.717, 1.165) is 5.92 Å². The maximum atomic E-state index is 2.67. The number of fused-ring (bicyclic) bond motifs is 3. The summed E-state index contributed by atoms with van der Waals surface area (Å²) in [4.78, 5) is 0. The fourth-order valence-corrected chi connectivity index (χ4v) is 3.97. The van der Waals surface area contributed by atoms with Crippen molar-refractivity contribution < 1.29 is 0 Å². The number of hydrogen-bond acceptors (Lipinski definition) is 0. The van der Waals surface area contributed by atoms with Gasteiger partial charge in [0.25, 0.3) is 0 Å². The van der Waals surface area contributed by atoms with Gasteiger partial charge in [0.2, 0.25) is 0 Å². The number of para-hydroxylation sites is 1. The summed E-state index contributed by atoms with van der Waals surface area (Å²) in [6.45, 7) is 5.89. The van der Waals surface area contributed by atoms with Gasteiger partial charge >= 0.3 is 0 Å². The van der Waals surface area contributed by atoms with E-state index in [0.29, 0.717) is 0 Å². The lowest BCUT2D eigenvalue weighted by Gasteiger charge is -2.21. The van der Waals surface area contributed by atoms with Crippen LogP contribution in [0.1, 0.15) is 63.6 Å². The van der Waals surface area contributed by atoms with Crippen LogP contribution < -0.4 is 0 Å². The Hall–Kier alpha value is -1.24. The molecule has 0 bridgehead atoms. The Labute approximate surface area is 129 Å². The molecule has 1 nitrogen and oxygen atoms in total. The van der Waals surface area contributed by atoms with Gasteiger partial charge in [-0.2, -0.15) is 0 Å². The Morgan fingerprint density at radius 2 is 1.90 bits per heavy atom.